The number of carbonyl (C=O) groups is 2. The van der Waals surface area contributed by atoms with Gasteiger partial charge in [0.05, 0.1) is 23.2 Å². The molecule has 0 aliphatic heterocycles. The topological polar surface area (TPSA) is 117 Å². The molecule has 0 unspecified atom stereocenters. The lowest BCUT2D eigenvalue weighted by Crippen LogP contribution is -2.25. The maximum atomic E-state index is 12.6. The van der Waals surface area contributed by atoms with Gasteiger partial charge in [0.15, 0.2) is 0 Å². The maximum Gasteiger partial charge on any atom is 0.397 e. The molecule has 2 aromatic heterocycles. The summed E-state index contributed by atoms with van der Waals surface area (Å²) in [5.74, 6) is -1.83. The lowest BCUT2D eigenvalue weighted by Gasteiger charge is -2.16. The van der Waals surface area contributed by atoms with E-state index >= 15 is 0 Å². The normalized spacial score (nSPS) is 11.7. The Balaban J connectivity index is 2.07. The van der Waals surface area contributed by atoms with Gasteiger partial charge in [0.25, 0.3) is 5.56 Å². The number of pyridine rings is 1. The summed E-state index contributed by atoms with van der Waals surface area (Å²) in [7, 11) is 0. The van der Waals surface area contributed by atoms with Gasteiger partial charge in [-0.1, -0.05) is 20.8 Å². The number of hydrogen-bond donors (Lipinski definition) is 3. The first-order chi connectivity index (χ1) is 12.2. The van der Waals surface area contributed by atoms with Gasteiger partial charge in [-0.05, 0) is 25.1 Å². The molecule has 3 N–H and O–H groups in total. The molecule has 136 valence electrons. The molecule has 1 amide bonds. The van der Waals surface area contributed by atoms with Crippen LogP contribution in [0, 0.1) is 0 Å². The van der Waals surface area contributed by atoms with Crippen LogP contribution in [0.5, 0.6) is 0 Å². The summed E-state index contributed by atoms with van der Waals surface area (Å²) in [4.78, 5) is 38.6. The molecule has 0 bridgehead atoms. The van der Waals surface area contributed by atoms with E-state index in [0.29, 0.717) is 22.1 Å². The minimum atomic E-state index is -0.960. The Hall–Kier alpha value is -3.16. The molecule has 0 atom stereocenters. The zero-order chi connectivity index (χ0) is 19.1. The number of carbonyl (C=O) groups excluding carboxylic acids is 2. The van der Waals surface area contributed by atoms with Crippen LogP contribution < -0.4 is 10.9 Å². The molecule has 8 nitrogen and oxygen atoms in total. The van der Waals surface area contributed by atoms with Crippen LogP contribution in [0.4, 0.5) is 5.69 Å². The van der Waals surface area contributed by atoms with Crippen LogP contribution >= 0.6 is 0 Å². The first-order valence-electron chi connectivity index (χ1n) is 8.25. The van der Waals surface area contributed by atoms with Gasteiger partial charge in [-0.2, -0.15) is 5.10 Å². The number of ether oxygens (including phenoxy) is 1. The van der Waals surface area contributed by atoms with E-state index in [2.05, 4.69) is 25.2 Å². The Morgan fingerprint density at radius 1 is 1.27 bits per heavy atom. The van der Waals surface area contributed by atoms with Crippen LogP contribution in [0.1, 0.15) is 33.4 Å². The SMILES string of the molecule is CCOC(=O)C(=O)Nc1ccc2c(c1)[nH]c(=O)c1c(C(C)(C)C)[nH]nc12. The third-order valence-electron chi connectivity index (χ3n) is 3.98. The van der Waals surface area contributed by atoms with Crippen molar-refractivity contribution in [3.05, 3.63) is 34.2 Å². The average Bonchev–Trinajstić information content (AvgIpc) is 3.01. The first kappa shape index (κ1) is 17.7. The molecular formula is C18H20N4O4. The molecule has 2 heterocycles. The number of fused-ring (bicyclic) bond motifs is 3. The van der Waals surface area contributed by atoms with E-state index in [0.717, 1.165) is 11.1 Å². The molecule has 3 aromatic rings. The van der Waals surface area contributed by atoms with Crippen LogP contribution in [0.2, 0.25) is 0 Å². The number of esters is 1. The van der Waals surface area contributed by atoms with Crippen molar-refractivity contribution in [2.75, 3.05) is 11.9 Å². The summed E-state index contributed by atoms with van der Waals surface area (Å²) in [6, 6.07) is 4.96. The number of nitrogens with one attached hydrogen (secondary N) is 3. The molecule has 1 aromatic carbocycles. The predicted molar refractivity (Wildman–Crippen MR) is 98.2 cm³/mol. The number of anilines is 1. The van der Waals surface area contributed by atoms with Crippen molar-refractivity contribution in [3.63, 3.8) is 0 Å². The first-order valence-corrected chi connectivity index (χ1v) is 8.25. The molecule has 26 heavy (non-hydrogen) atoms. The van der Waals surface area contributed by atoms with Gasteiger partial charge in [-0.25, -0.2) is 4.79 Å². The van der Waals surface area contributed by atoms with E-state index in [-0.39, 0.29) is 17.6 Å². The van der Waals surface area contributed by atoms with Crippen LogP contribution in [0.25, 0.3) is 21.8 Å². The number of rotatable bonds is 2. The summed E-state index contributed by atoms with van der Waals surface area (Å²) in [5.41, 5.74) is 1.68. The summed E-state index contributed by atoms with van der Waals surface area (Å²) in [5, 5.41) is 11.0. The fourth-order valence-corrected chi connectivity index (χ4v) is 2.80. The van der Waals surface area contributed by atoms with E-state index in [1.807, 2.05) is 20.8 Å². The van der Waals surface area contributed by atoms with Gasteiger partial charge < -0.3 is 15.0 Å². The van der Waals surface area contributed by atoms with Crippen molar-refractivity contribution in [2.24, 2.45) is 0 Å². The van der Waals surface area contributed by atoms with Gasteiger partial charge in [0.1, 0.15) is 5.52 Å². The maximum absolute atomic E-state index is 12.6. The lowest BCUT2D eigenvalue weighted by atomic mass is 9.90. The van der Waals surface area contributed by atoms with Crippen LogP contribution in [-0.2, 0) is 19.7 Å². The third kappa shape index (κ3) is 3.05. The number of aromatic nitrogens is 3. The Morgan fingerprint density at radius 2 is 2.00 bits per heavy atom. The smallest absolute Gasteiger partial charge is 0.397 e. The van der Waals surface area contributed by atoms with E-state index < -0.39 is 11.9 Å². The van der Waals surface area contributed by atoms with Crippen molar-refractivity contribution in [3.8, 4) is 0 Å². The largest absolute Gasteiger partial charge is 0.459 e. The Kier molecular flexibility index (Phi) is 4.27. The van der Waals surface area contributed by atoms with Crippen molar-refractivity contribution in [2.45, 2.75) is 33.1 Å². The fourth-order valence-electron chi connectivity index (χ4n) is 2.80. The van der Waals surface area contributed by atoms with E-state index in [1.54, 1.807) is 25.1 Å². The molecule has 0 saturated heterocycles. The van der Waals surface area contributed by atoms with E-state index in [1.165, 1.54) is 0 Å². The van der Waals surface area contributed by atoms with Gasteiger partial charge >= 0.3 is 11.9 Å². The van der Waals surface area contributed by atoms with Crippen LogP contribution in [0.3, 0.4) is 0 Å². The summed E-state index contributed by atoms with van der Waals surface area (Å²) >= 11 is 0. The monoisotopic (exact) mass is 356 g/mol. The predicted octanol–water partition coefficient (Wildman–Crippen LogP) is 2.20. The zero-order valence-electron chi connectivity index (χ0n) is 15.0. The molecule has 0 saturated carbocycles. The molecule has 0 fully saturated rings. The number of hydrogen-bond acceptors (Lipinski definition) is 5. The second-order valence-corrected chi connectivity index (χ2v) is 6.96. The number of H-pyrrole nitrogens is 2. The second kappa shape index (κ2) is 6.29. The number of aromatic amines is 2. The second-order valence-electron chi connectivity index (χ2n) is 6.96. The molecule has 3 rings (SSSR count). The van der Waals surface area contributed by atoms with Crippen molar-refractivity contribution in [1.82, 2.24) is 15.2 Å². The molecule has 0 aliphatic carbocycles. The fraction of sp³-hybridized carbons (Fsp3) is 0.333. The molecule has 0 spiro atoms. The van der Waals surface area contributed by atoms with Crippen molar-refractivity contribution < 1.29 is 14.3 Å². The average molecular weight is 356 g/mol. The molecule has 0 radical (unpaired) electrons. The standard InChI is InChI=1S/C18H20N4O4/c1-5-26-17(25)16(24)19-9-6-7-10-11(8-9)20-15(23)12-13(10)21-22-14(12)18(2,3)4/h6-8H,5H2,1-4H3,(H,19,24)(H,20,23)(H,21,22). The highest BCUT2D eigenvalue weighted by Crippen LogP contribution is 2.29. The third-order valence-corrected chi connectivity index (χ3v) is 3.98. The summed E-state index contributed by atoms with van der Waals surface area (Å²) in [6.45, 7) is 7.73. The molecule has 8 heteroatoms. The quantitative estimate of drug-likeness (QED) is 0.481. The highest BCUT2D eigenvalue weighted by Gasteiger charge is 2.23. The highest BCUT2D eigenvalue weighted by molar-refractivity contribution is 6.37. The van der Waals surface area contributed by atoms with Gasteiger partial charge in [0.2, 0.25) is 0 Å². The molecule has 0 aliphatic rings. The summed E-state index contributed by atoms with van der Waals surface area (Å²) < 4.78 is 4.65. The van der Waals surface area contributed by atoms with E-state index in [4.69, 9.17) is 0 Å². The van der Waals surface area contributed by atoms with E-state index in [9.17, 15) is 14.4 Å². The Bertz CT molecular complexity index is 1070. The highest BCUT2D eigenvalue weighted by atomic mass is 16.5. The van der Waals surface area contributed by atoms with Gasteiger partial charge in [-0.15, -0.1) is 0 Å². The number of amides is 1. The Morgan fingerprint density at radius 3 is 2.65 bits per heavy atom. The van der Waals surface area contributed by atoms with Gasteiger partial charge in [-0.3, -0.25) is 14.7 Å². The van der Waals surface area contributed by atoms with Crippen LogP contribution in [0.15, 0.2) is 23.0 Å². The lowest BCUT2D eigenvalue weighted by molar-refractivity contribution is -0.152. The minimum Gasteiger partial charge on any atom is -0.459 e. The number of benzene rings is 1. The summed E-state index contributed by atoms with van der Waals surface area (Å²) in [6.07, 6.45) is 0. The van der Waals surface area contributed by atoms with Crippen LogP contribution in [-0.4, -0.2) is 33.7 Å². The number of nitrogens with zero attached hydrogens (tertiary/aromatic N) is 1. The Labute approximate surface area is 148 Å². The van der Waals surface area contributed by atoms with Crippen molar-refractivity contribution >= 4 is 39.4 Å². The van der Waals surface area contributed by atoms with Gasteiger partial charge in [0, 0.05) is 16.5 Å². The molecular weight excluding hydrogens is 336 g/mol. The zero-order valence-corrected chi connectivity index (χ0v) is 15.0. The van der Waals surface area contributed by atoms with Crippen molar-refractivity contribution in [1.29, 1.82) is 0 Å². The minimum absolute atomic E-state index is 0.116.